The number of alkyl halides is 3. The Morgan fingerprint density at radius 2 is 1.86 bits per heavy atom. The minimum absolute atomic E-state index is 0.0939. The van der Waals surface area contributed by atoms with E-state index in [1.807, 2.05) is 0 Å². The highest BCUT2D eigenvalue weighted by Gasteiger charge is 2.40. The number of allylic oxidation sites excluding steroid dienone is 1. The van der Waals surface area contributed by atoms with Gasteiger partial charge in [-0.2, -0.15) is 13.2 Å². The molecule has 8 heteroatoms. The van der Waals surface area contributed by atoms with Crippen LogP contribution < -0.4 is 9.47 Å². The van der Waals surface area contributed by atoms with Crippen LogP contribution in [0.5, 0.6) is 11.5 Å². The van der Waals surface area contributed by atoms with E-state index in [-0.39, 0.29) is 18.0 Å². The van der Waals surface area contributed by atoms with Crippen molar-refractivity contribution in [3.8, 4) is 11.5 Å². The molecule has 0 saturated carbocycles. The van der Waals surface area contributed by atoms with E-state index in [2.05, 4.69) is 4.98 Å². The van der Waals surface area contributed by atoms with Gasteiger partial charge >= 0.3 is 6.18 Å². The Hall–Kier alpha value is -3.55. The van der Waals surface area contributed by atoms with E-state index in [0.29, 0.717) is 28.1 Å². The van der Waals surface area contributed by atoms with Gasteiger partial charge in [0.2, 0.25) is 6.79 Å². The first-order valence-corrected chi connectivity index (χ1v) is 8.18. The smallest absolute Gasteiger partial charge is 0.454 e. The van der Waals surface area contributed by atoms with Gasteiger partial charge in [0.05, 0.1) is 11.1 Å². The molecule has 0 bridgehead atoms. The van der Waals surface area contributed by atoms with Gasteiger partial charge in [0.25, 0.3) is 5.78 Å². The fraction of sp³-hybridized carbons (Fsp3) is 0.100. The molecule has 1 aliphatic rings. The predicted molar refractivity (Wildman–Crippen MR) is 94.6 cm³/mol. The first-order chi connectivity index (χ1) is 13.3. The number of carbonyl (C=O) groups is 2. The summed E-state index contributed by atoms with van der Waals surface area (Å²) >= 11 is 0. The summed E-state index contributed by atoms with van der Waals surface area (Å²) in [6, 6.07) is 9.35. The van der Waals surface area contributed by atoms with Gasteiger partial charge in [-0.25, -0.2) is 0 Å². The van der Waals surface area contributed by atoms with Crippen molar-refractivity contribution in [2.75, 3.05) is 6.79 Å². The summed E-state index contributed by atoms with van der Waals surface area (Å²) in [6.45, 7) is 0.0939. The molecule has 2 heterocycles. The van der Waals surface area contributed by atoms with E-state index in [9.17, 15) is 22.8 Å². The second-order valence-electron chi connectivity index (χ2n) is 6.06. The molecule has 4 rings (SSSR count). The fourth-order valence-corrected chi connectivity index (χ4v) is 2.97. The highest BCUT2D eigenvalue weighted by Crippen LogP contribution is 2.33. The minimum atomic E-state index is -4.96. The number of hydrogen-bond donors (Lipinski definition) is 1. The molecular weight excluding hydrogens is 375 g/mol. The molecule has 0 atom stereocenters. The van der Waals surface area contributed by atoms with Gasteiger partial charge in [0.1, 0.15) is 0 Å². The van der Waals surface area contributed by atoms with Gasteiger partial charge in [0, 0.05) is 17.1 Å². The van der Waals surface area contributed by atoms with Gasteiger partial charge < -0.3 is 14.5 Å². The highest BCUT2D eigenvalue weighted by atomic mass is 19.4. The average molecular weight is 387 g/mol. The number of ketones is 2. The standard InChI is InChI=1S/C20H12F3NO4/c21-20(22,23)19(26)14-9-24-18-11(2-1-3-13(14)18)4-6-15(25)12-5-7-16-17(8-12)28-10-27-16/h1-9,24H,10H2/b6-4+. The summed E-state index contributed by atoms with van der Waals surface area (Å²) in [5.74, 6) is -1.20. The second kappa shape index (κ2) is 6.56. The highest BCUT2D eigenvalue weighted by molar-refractivity contribution is 6.12. The maximum absolute atomic E-state index is 12.7. The van der Waals surface area contributed by atoms with Gasteiger partial charge in [-0.05, 0) is 35.9 Å². The third-order valence-electron chi connectivity index (χ3n) is 4.32. The first kappa shape index (κ1) is 17.8. The maximum atomic E-state index is 12.7. The van der Waals surface area contributed by atoms with Crippen LogP contribution in [0.3, 0.4) is 0 Å². The lowest BCUT2D eigenvalue weighted by atomic mass is 10.0. The van der Waals surface area contributed by atoms with Crippen LogP contribution in [0.4, 0.5) is 13.2 Å². The third-order valence-corrected chi connectivity index (χ3v) is 4.32. The average Bonchev–Trinajstić information content (AvgIpc) is 3.30. The van der Waals surface area contributed by atoms with Gasteiger partial charge in [-0.3, -0.25) is 9.59 Å². The van der Waals surface area contributed by atoms with Crippen LogP contribution in [-0.4, -0.2) is 29.5 Å². The quantitative estimate of drug-likeness (QED) is 0.527. The number of nitrogens with one attached hydrogen (secondary N) is 1. The summed E-state index contributed by atoms with van der Waals surface area (Å²) in [7, 11) is 0. The van der Waals surface area contributed by atoms with E-state index in [0.717, 1.165) is 6.20 Å². The van der Waals surface area contributed by atoms with Crippen LogP contribution in [0.25, 0.3) is 17.0 Å². The van der Waals surface area contributed by atoms with Crippen molar-refractivity contribution in [2.45, 2.75) is 6.18 Å². The van der Waals surface area contributed by atoms with Crippen LogP contribution in [0.1, 0.15) is 26.3 Å². The van der Waals surface area contributed by atoms with Gasteiger partial charge in [0.15, 0.2) is 17.3 Å². The van der Waals surface area contributed by atoms with Crippen molar-refractivity contribution in [3.05, 3.63) is 65.4 Å². The molecule has 0 amide bonds. The van der Waals surface area contributed by atoms with E-state index >= 15 is 0 Å². The molecule has 5 nitrogen and oxygen atoms in total. The lowest BCUT2D eigenvalue weighted by Crippen LogP contribution is -2.22. The van der Waals surface area contributed by atoms with Crippen LogP contribution in [-0.2, 0) is 0 Å². The molecule has 0 spiro atoms. The van der Waals surface area contributed by atoms with Crippen molar-refractivity contribution < 1.29 is 32.2 Å². The predicted octanol–water partition coefficient (Wildman–Crippen LogP) is 4.54. The molecule has 0 radical (unpaired) electrons. The van der Waals surface area contributed by atoms with E-state index in [4.69, 9.17) is 9.47 Å². The van der Waals surface area contributed by atoms with Gasteiger partial charge in [-0.1, -0.05) is 18.2 Å². The number of fused-ring (bicyclic) bond motifs is 2. The van der Waals surface area contributed by atoms with Crippen LogP contribution >= 0.6 is 0 Å². The Labute approximate surface area is 156 Å². The molecule has 0 aliphatic carbocycles. The Kier molecular flexibility index (Phi) is 4.18. The Balaban J connectivity index is 1.64. The van der Waals surface area contributed by atoms with Crippen molar-refractivity contribution in [1.82, 2.24) is 4.98 Å². The molecule has 1 aliphatic heterocycles. The molecule has 0 fully saturated rings. The monoisotopic (exact) mass is 387 g/mol. The zero-order valence-electron chi connectivity index (χ0n) is 14.2. The molecule has 1 aromatic heterocycles. The normalized spacial score (nSPS) is 13.4. The van der Waals surface area contributed by atoms with E-state index in [1.54, 1.807) is 24.3 Å². The van der Waals surface area contributed by atoms with Crippen LogP contribution in [0.2, 0.25) is 0 Å². The van der Waals surface area contributed by atoms with E-state index < -0.39 is 17.5 Å². The molecule has 28 heavy (non-hydrogen) atoms. The Morgan fingerprint density at radius 1 is 1.07 bits per heavy atom. The first-order valence-electron chi connectivity index (χ1n) is 8.18. The van der Waals surface area contributed by atoms with Crippen molar-refractivity contribution in [2.24, 2.45) is 0 Å². The molecule has 142 valence electrons. The van der Waals surface area contributed by atoms with Crippen molar-refractivity contribution in [1.29, 1.82) is 0 Å². The number of H-pyrrole nitrogens is 1. The topological polar surface area (TPSA) is 68.4 Å². The molecule has 3 aromatic rings. The zero-order valence-corrected chi connectivity index (χ0v) is 14.2. The summed E-state index contributed by atoms with van der Waals surface area (Å²) in [5, 5.41) is 0.139. The Morgan fingerprint density at radius 3 is 2.64 bits per heavy atom. The number of hydrogen-bond acceptors (Lipinski definition) is 4. The number of carbonyl (C=O) groups excluding carboxylic acids is 2. The minimum Gasteiger partial charge on any atom is -0.454 e. The summed E-state index contributed by atoms with van der Waals surface area (Å²) in [5.41, 5.74) is 0.740. The molecular formula is C20H12F3NO4. The Bertz CT molecular complexity index is 1130. The number of Topliss-reactive ketones (excluding diaryl/α,β-unsaturated/α-hetero) is 1. The number of aromatic nitrogens is 1. The molecule has 0 unspecified atom stereocenters. The lowest BCUT2D eigenvalue weighted by Gasteiger charge is -2.04. The SMILES string of the molecule is O=C(/C=C/c1cccc2c(C(=O)C(F)(F)F)c[nH]c12)c1ccc2c(c1)OCO2. The lowest BCUT2D eigenvalue weighted by molar-refractivity contribution is -0.0884. The number of benzene rings is 2. The molecule has 1 N–H and O–H groups in total. The van der Waals surface area contributed by atoms with Crippen molar-refractivity contribution >= 4 is 28.5 Å². The molecule has 0 saturated heterocycles. The van der Waals surface area contributed by atoms with Crippen LogP contribution in [0, 0.1) is 0 Å². The number of aromatic amines is 1. The molecule has 2 aromatic carbocycles. The number of halogens is 3. The summed E-state index contributed by atoms with van der Waals surface area (Å²) in [6.07, 6.45) is -1.15. The maximum Gasteiger partial charge on any atom is 0.454 e. The van der Waals surface area contributed by atoms with Crippen LogP contribution in [0.15, 0.2) is 48.7 Å². The fourth-order valence-electron chi connectivity index (χ4n) is 2.97. The number of para-hydroxylation sites is 1. The third kappa shape index (κ3) is 3.13. The number of ether oxygens (including phenoxy) is 2. The largest absolute Gasteiger partial charge is 0.454 e. The van der Waals surface area contributed by atoms with Gasteiger partial charge in [-0.15, -0.1) is 0 Å². The number of rotatable bonds is 4. The zero-order chi connectivity index (χ0) is 19.9. The van der Waals surface area contributed by atoms with Crippen molar-refractivity contribution in [3.63, 3.8) is 0 Å². The summed E-state index contributed by atoms with van der Waals surface area (Å²) in [4.78, 5) is 26.6. The summed E-state index contributed by atoms with van der Waals surface area (Å²) < 4.78 is 48.6. The second-order valence-corrected chi connectivity index (χ2v) is 6.06. The van der Waals surface area contributed by atoms with E-state index in [1.165, 1.54) is 24.3 Å².